The summed E-state index contributed by atoms with van der Waals surface area (Å²) in [5, 5.41) is 3.61. The van der Waals surface area contributed by atoms with Crippen LogP contribution >= 0.6 is 11.3 Å². The molecule has 2 aromatic heterocycles. The van der Waals surface area contributed by atoms with E-state index in [1.54, 1.807) is 17.5 Å². The quantitative estimate of drug-likeness (QED) is 0.774. The Balaban J connectivity index is 1.83. The Bertz CT molecular complexity index is 673. The summed E-state index contributed by atoms with van der Waals surface area (Å²) in [4.78, 5) is 4.13. The molecular formula is C15H14N2S. The molecule has 0 aliphatic rings. The first kappa shape index (κ1) is 11.2. The highest BCUT2D eigenvalue weighted by Crippen LogP contribution is 2.27. The van der Waals surface area contributed by atoms with Crippen molar-refractivity contribution in [3.63, 3.8) is 0 Å². The molecule has 2 heterocycles. The molecule has 0 fully saturated rings. The van der Waals surface area contributed by atoms with E-state index in [-0.39, 0.29) is 0 Å². The van der Waals surface area contributed by atoms with Gasteiger partial charge in [-0.1, -0.05) is 18.2 Å². The fraction of sp³-hybridized carbons (Fsp3) is 0.133. The number of nitrogen functional groups attached to an aromatic ring is 1. The molecule has 18 heavy (non-hydrogen) atoms. The number of pyridine rings is 1. The SMILES string of the molecule is Nc1ccncc1CCc1csc2ccccc12. The van der Waals surface area contributed by atoms with Gasteiger partial charge in [0.2, 0.25) is 0 Å². The highest BCUT2D eigenvalue weighted by molar-refractivity contribution is 7.17. The Hall–Kier alpha value is -1.87. The van der Waals surface area contributed by atoms with Crippen molar-refractivity contribution < 1.29 is 0 Å². The van der Waals surface area contributed by atoms with Gasteiger partial charge in [-0.05, 0) is 46.9 Å². The zero-order valence-corrected chi connectivity index (χ0v) is 10.8. The van der Waals surface area contributed by atoms with Crippen LogP contribution in [0.1, 0.15) is 11.1 Å². The summed E-state index contributed by atoms with van der Waals surface area (Å²) in [6.07, 6.45) is 5.56. The number of nitrogens with zero attached hydrogens (tertiary/aromatic N) is 1. The lowest BCUT2D eigenvalue weighted by Crippen LogP contribution is -1.97. The second-order valence-electron chi connectivity index (χ2n) is 4.33. The van der Waals surface area contributed by atoms with E-state index in [4.69, 9.17) is 5.73 Å². The zero-order chi connectivity index (χ0) is 12.4. The first-order valence-electron chi connectivity index (χ1n) is 5.98. The number of aryl methyl sites for hydroxylation is 2. The summed E-state index contributed by atoms with van der Waals surface area (Å²) in [5.74, 6) is 0. The number of fused-ring (bicyclic) bond motifs is 1. The van der Waals surface area contributed by atoms with Crippen LogP contribution in [0.2, 0.25) is 0 Å². The normalized spacial score (nSPS) is 10.9. The van der Waals surface area contributed by atoms with Crippen molar-refractivity contribution >= 4 is 27.1 Å². The number of anilines is 1. The Morgan fingerprint density at radius 2 is 1.89 bits per heavy atom. The van der Waals surface area contributed by atoms with Gasteiger partial charge in [-0.15, -0.1) is 11.3 Å². The Morgan fingerprint density at radius 1 is 1.06 bits per heavy atom. The summed E-state index contributed by atoms with van der Waals surface area (Å²) >= 11 is 1.81. The van der Waals surface area contributed by atoms with E-state index in [2.05, 4.69) is 34.6 Å². The van der Waals surface area contributed by atoms with Gasteiger partial charge in [0.15, 0.2) is 0 Å². The number of rotatable bonds is 3. The fourth-order valence-corrected chi connectivity index (χ4v) is 3.14. The minimum atomic E-state index is 0.838. The van der Waals surface area contributed by atoms with Gasteiger partial charge in [-0.2, -0.15) is 0 Å². The van der Waals surface area contributed by atoms with E-state index in [9.17, 15) is 0 Å². The van der Waals surface area contributed by atoms with Gasteiger partial charge in [0.05, 0.1) is 0 Å². The molecular weight excluding hydrogens is 240 g/mol. The third-order valence-corrected chi connectivity index (χ3v) is 4.18. The van der Waals surface area contributed by atoms with E-state index < -0.39 is 0 Å². The highest BCUT2D eigenvalue weighted by Gasteiger charge is 2.05. The first-order valence-corrected chi connectivity index (χ1v) is 6.86. The van der Waals surface area contributed by atoms with Crippen molar-refractivity contribution in [1.82, 2.24) is 4.98 Å². The molecule has 0 aliphatic carbocycles. The average Bonchev–Trinajstić information content (AvgIpc) is 2.81. The number of hydrogen-bond acceptors (Lipinski definition) is 3. The molecule has 1 aromatic carbocycles. The summed E-state index contributed by atoms with van der Waals surface area (Å²) in [6.45, 7) is 0. The zero-order valence-electron chi connectivity index (χ0n) is 9.97. The minimum Gasteiger partial charge on any atom is -0.398 e. The maximum atomic E-state index is 5.94. The fourth-order valence-electron chi connectivity index (χ4n) is 2.14. The molecule has 3 aromatic rings. The summed E-state index contributed by atoms with van der Waals surface area (Å²) in [7, 11) is 0. The van der Waals surface area contributed by atoms with Gasteiger partial charge in [0, 0.05) is 22.8 Å². The van der Waals surface area contributed by atoms with Crippen LogP contribution in [0.3, 0.4) is 0 Å². The maximum absolute atomic E-state index is 5.94. The Morgan fingerprint density at radius 3 is 2.78 bits per heavy atom. The third kappa shape index (κ3) is 2.09. The van der Waals surface area contributed by atoms with Gasteiger partial charge < -0.3 is 5.73 Å². The van der Waals surface area contributed by atoms with Crippen LogP contribution < -0.4 is 5.73 Å². The second kappa shape index (κ2) is 4.78. The van der Waals surface area contributed by atoms with Gasteiger partial charge in [0.1, 0.15) is 0 Å². The molecule has 3 heteroatoms. The molecule has 3 rings (SSSR count). The van der Waals surface area contributed by atoms with Gasteiger partial charge in [-0.25, -0.2) is 0 Å². The molecule has 0 atom stereocenters. The van der Waals surface area contributed by atoms with Crippen LogP contribution in [0, 0.1) is 0 Å². The summed E-state index contributed by atoms with van der Waals surface area (Å²) in [6, 6.07) is 10.4. The van der Waals surface area contributed by atoms with E-state index >= 15 is 0 Å². The molecule has 0 unspecified atom stereocenters. The monoisotopic (exact) mass is 254 g/mol. The number of benzene rings is 1. The van der Waals surface area contributed by atoms with E-state index in [1.807, 2.05) is 12.3 Å². The molecule has 0 saturated heterocycles. The molecule has 90 valence electrons. The van der Waals surface area contributed by atoms with Crippen molar-refractivity contribution in [3.05, 3.63) is 59.2 Å². The molecule has 0 bridgehead atoms. The topological polar surface area (TPSA) is 38.9 Å². The number of thiophene rings is 1. The predicted molar refractivity (Wildman–Crippen MR) is 77.9 cm³/mol. The molecule has 0 radical (unpaired) electrons. The summed E-state index contributed by atoms with van der Waals surface area (Å²) < 4.78 is 1.35. The van der Waals surface area contributed by atoms with E-state index in [0.29, 0.717) is 0 Å². The maximum Gasteiger partial charge on any atom is 0.0377 e. The Labute approximate surface area is 110 Å². The second-order valence-corrected chi connectivity index (χ2v) is 5.24. The lowest BCUT2D eigenvalue weighted by atomic mass is 10.0. The molecule has 0 saturated carbocycles. The van der Waals surface area contributed by atoms with Crippen LogP contribution in [0.5, 0.6) is 0 Å². The smallest absolute Gasteiger partial charge is 0.0377 e. The largest absolute Gasteiger partial charge is 0.398 e. The van der Waals surface area contributed by atoms with Crippen LogP contribution in [0.15, 0.2) is 48.1 Å². The Kier molecular flexibility index (Phi) is 2.99. The molecule has 0 spiro atoms. The average molecular weight is 254 g/mol. The van der Waals surface area contributed by atoms with Crippen LogP contribution in [-0.4, -0.2) is 4.98 Å². The van der Waals surface area contributed by atoms with Crippen LogP contribution in [0.25, 0.3) is 10.1 Å². The first-order chi connectivity index (χ1) is 8.84. The molecule has 2 N–H and O–H groups in total. The van der Waals surface area contributed by atoms with Crippen LogP contribution in [-0.2, 0) is 12.8 Å². The third-order valence-electron chi connectivity index (χ3n) is 3.17. The minimum absolute atomic E-state index is 0.838. The summed E-state index contributed by atoms with van der Waals surface area (Å²) in [5.41, 5.74) is 9.31. The molecule has 0 aliphatic heterocycles. The van der Waals surface area contributed by atoms with Crippen molar-refractivity contribution in [2.75, 3.05) is 5.73 Å². The van der Waals surface area contributed by atoms with Gasteiger partial charge >= 0.3 is 0 Å². The van der Waals surface area contributed by atoms with Crippen LogP contribution in [0.4, 0.5) is 5.69 Å². The molecule has 0 amide bonds. The van der Waals surface area contributed by atoms with Gasteiger partial charge in [0.25, 0.3) is 0 Å². The van der Waals surface area contributed by atoms with Gasteiger partial charge in [-0.3, -0.25) is 4.98 Å². The number of hydrogen-bond donors (Lipinski definition) is 1. The van der Waals surface area contributed by atoms with Crippen molar-refractivity contribution in [2.45, 2.75) is 12.8 Å². The number of aromatic nitrogens is 1. The lowest BCUT2D eigenvalue weighted by Gasteiger charge is -2.04. The van der Waals surface area contributed by atoms with E-state index in [0.717, 1.165) is 24.1 Å². The van der Waals surface area contributed by atoms with Crippen molar-refractivity contribution in [1.29, 1.82) is 0 Å². The van der Waals surface area contributed by atoms with Crippen molar-refractivity contribution in [3.8, 4) is 0 Å². The number of nitrogens with two attached hydrogens (primary N) is 1. The van der Waals surface area contributed by atoms with Crippen molar-refractivity contribution in [2.24, 2.45) is 0 Å². The van der Waals surface area contributed by atoms with E-state index in [1.165, 1.54) is 15.6 Å². The standard InChI is InChI=1S/C15H14N2S/c16-14-7-8-17-9-11(14)5-6-12-10-18-15-4-2-1-3-13(12)15/h1-4,7-10H,5-6H2,(H2,16,17). The lowest BCUT2D eigenvalue weighted by molar-refractivity contribution is 0.965. The predicted octanol–water partition coefficient (Wildman–Crippen LogP) is 3.66. The highest BCUT2D eigenvalue weighted by atomic mass is 32.1. The molecule has 2 nitrogen and oxygen atoms in total.